The molecule has 42 heavy (non-hydrogen) atoms. The van der Waals surface area contributed by atoms with Crippen molar-refractivity contribution in [3.8, 4) is 0 Å². The van der Waals surface area contributed by atoms with Crippen LogP contribution in [0.4, 0.5) is 10.5 Å². The summed E-state index contributed by atoms with van der Waals surface area (Å²) < 4.78 is 10.7. The summed E-state index contributed by atoms with van der Waals surface area (Å²) >= 11 is 0. The van der Waals surface area contributed by atoms with Crippen molar-refractivity contribution in [1.29, 1.82) is 0 Å². The Kier molecular flexibility index (Phi) is 8.27. The Morgan fingerprint density at radius 3 is 1.79 bits per heavy atom. The zero-order chi connectivity index (χ0) is 28.9. The summed E-state index contributed by atoms with van der Waals surface area (Å²) in [6.07, 6.45) is 6.87. The number of alkyl carbamates (subject to hydrolysis) is 1. The highest BCUT2D eigenvalue weighted by Crippen LogP contribution is 2.60. The summed E-state index contributed by atoms with van der Waals surface area (Å²) in [7, 11) is 0. The molecule has 4 saturated carbocycles. The maximum atomic E-state index is 13.3. The number of carbonyl (C=O) groups excluding carboxylic acids is 3. The van der Waals surface area contributed by atoms with Crippen molar-refractivity contribution in [2.45, 2.75) is 69.6 Å². The van der Waals surface area contributed by atoms with Gasteiger partial charge in [-0.2, -0.15) is 0 Å². The lowest BCUT2D eigenvalue weighted by Crippen LogP contribution is -2.48. The minimum atomic E-state index is -1.17. The molecule has 0 saturated heterocycles. The van der Waals surface area contributed by atoms with Gasteiger partial charge in [-0.1, -0.05) is 72.8 Å². The van der Waals surface area contributed by atoms with Gasteiger partial charge in [0.2, 0.25) is 5.91 Å². The Morgan fingerprint density at radius 2 is 1.24 bits per heavy atom. The predicted octanol–water partition coefficient (Wildman–Crippen LogP) is 6.52. The molecule has 1 atom stereocenters. The van der Waals surface area contributed by atoms with E-state index in [0.29, 0.717) is 5.69 Å². The Morgan fingerprint density at radius 1 is 0.714 bits per heavy atom. The zero-order valence-corrected chi connectivity index (χ0v) is 23.8. The third-order valence-electron chi connectivity index (χ3n) is 9.24. The van der Waals surface area contributed by atoms with Gasteiger partial charge in [0.25, 0.3) is 0 Å². The fraction of sp³-hybridized carbons (Fsp3) is 0.400. The van der Waals surface area contributed by atoms with E-state index in [9.17, 15) is 14.4 Å². The van der Waals surface area contributed by atoms with Gasteiger partial charge in [0.15, 0.2) is 0 Å². The van der Waals surface area contributed by atoms with Crippen LogP contribution in [0.15, 0.2) is 84.9 Å². The molecule has 4 bridgehead atoms. The van der Waals surface area contributed by atoms with Crippen LogP contribution in [-0.4, -0.2) is 24.0 Å². The molecule has 0 heterocycles. The minimum absolute atomic E-state index is 0.0469. The molecule has 0 aromatic heterocycles. The first kappa shape index (κ1) is 28.0. The van der Waals surface area contributed by atoms with Gasteiger partial charge in [-0.3, -0.25) is 9.59 Å². The lowest BCUT2D eigenvalue weighted by molar-refractivity contribution is -0.146. The van der Waals surface area contributed by atoms with Crippen molar-refractivity contribution in [3.05, 3.63) is 102 Å². The Bertz CT molecular complexity index is 1300. The summed E-state index contributed by atoms with van der Waals surface area (Å²) in [6, 6.07) is 25.6. The third-order valence-corrected chi connectivity index (χ3v) is 9.24. The molecular formula is C35H38N2O5. The van der Waals surface area contributed by atoms with Crippen molar-refractivity contribution in [3.63, 3.8) is 0 Å². The molecule has 7 heteroatoms. The molecule has 218 valence electrons. The lowest BCUT2D eigenvalue weighted by Gasteiger charge is -2.57. The van der Waals surface area contributed by atoms with Crippen LogP contribution in [0.2, 0.25) is 0 Å². The molecule has 3 aromatic carbocycles. The van der Waals surface area contributed by atoms with E-state index in [4.69, 9.17) is 9.47 Å². The van der Waals surface area contributed by atoms with Crippen LogP contribution in [0.3, 0.4) is 0 Å². The summed E-state index contributed by atoms with van der Waals surface area (Å²) in [5.41, 5.74) is 3.90. The van der Waals surface area contributed by atoms with Crippen LogP contribution >= 0.6 is 0 Å². The van der Waals surface area contributed by atoms with Gasteiger partial charge < -0.3 is 20.1 Å². The minimum Gasteiger partial charge on any atom is -0.461 e. The van der Waals surface area contributed by atoms with Crippen LogP contribution < -0.4 is 10.6 Å². The van der Waals surface area contributed by atoms with Crippen molar-refractivity contribution < 1.29 is 23.9 Å². The van der Waals surface area contributed by atoms with E-state index in [1.165, 1.54) is 44.1 Å². The van der Waals surface area contributed by atoms with Crippen LogP contribution in [0.25, 0.3) is 0 Å². The second kappa shape index (κ2) is 12.4. The molecule has 2 N–H and O–H groups in total. The van der Waals surface area contributed by atoms with Gasteiger partial charge in [0, 0.05) is 5.69 Å². The zero-order valence-electron chi connectivity index (χ0n) is 23.8. The molecule has 0 aliphatic heterocycles. The Hall–Kier alpha value is -4.13. The number of rotatable bonds is 10. The first-order valence-corrected chi connectivity index (χ1v) is 15.0. The fourth-order valence-corrected chi connectivity index (χ4v) is 7.68. The lowest BCUT2D eigenvalue weighted by atomic mass is 9.48. The number of hydrogen-bond acceptors (Lipinski definition) is 5. The van der Waals surface area contributed by atoms with E-state index >= 15 is 0 Å². The monoisotopic (exact) mass is 566 g/mol. The molecule has 0 spiro atoms. The van der Waals surface area contributed by atoms with Crippen LogP contribution in [0.5, 0.6) is 0 Å². The molecule has 7 nitrogen and oxygen atoms in total. The first-order chi connectivity index (χ1) is 20.4. The van der Waals surface area contributed by atoms with Gasteiger partial charge in [0.05, 0.1) is 6.42 Å². The fourth-order valence-electron chi connectivity index (χ4n) is 7.68. The smallest absolute Gasteiger partial charge is 0.408 e. The number of carbonyl (C=O) groups is 3. The second-order valence-corrected chi connectivity index (χ2v) is 12.4. The quantitative estimate of drug-likeness (QED) is 0.273. The van der Waals surface area contributed by atoms with E-state index in [1.54, 1.807) is 0 Å². The molecular weight excluding hydrogens is 528 g/mol. The first-order valence-electron chi connectivity index (χ1n) is 15.0. The molecule has 2 amide bonds. The van der Waals surface area contributed by atoms with Crippen molar-refractivity contribution in [2.75, 3.05) is 5.32 Å². The number of ether oxygens (including phenoxy) is 2. The summed E-state index contributed by atoms with van der Waals surface area (Å²) in [5.74, 6) is 1.45. The highest BCUT2D eigenvalue weighted by atomic mass is 16.5. The highest BCUT2D eigenvalue weighted by Gasteiger charge is 2.51. The number of amides is 2. The Labute approximate surface area is 247 Å². The maximum Gasteiger partial charge on any atom is 0.408 e. The van der Waals surface area contributed by atoms with Gasteiger partial charge in [-0.05, 0) is 90.5 Å². The molecule has 0 radical (unpaired) electrons. The number of benzene rings is 3. The topological polar surface area (TPSA) is 93.7 Å². The average molecular weight is 567 g/mol. The normalized spacial score (nSPS) is 24.4. The highest BCUT2D eigenvalue weighted by molar-refractivity contribution is 5.98. The van der Waals surface area contributed by atoms with Crippen molar-refractivity contribution in [1.82, 2.24) is 5.32 Å². The maximum absolute atomic E-state index is 13.3. The van der Waals surface area contributed by atoms with Crippen LogP contribution in [0, 0.1) is 17.8 Å². The van der Waals surface area contributed by atoms with Gasteiger partial charge in [0.1, 0.15) is 19.3 Å². The van der Waals surface area contributed by atoms with E-state index < -0.39 is 24.0 Å². The molecule has 0 unspecified atom stereocenters. The molecule has 7 rings (SSSR count). The third kappa shape index (κ3) is 6.67. The Balaban J connectivity index is 1.10. The number of anilines is 1. The number of hydrogen-bond donors (Lipinski definition) is 2. The van der Waals surface area contributed by atoms with Gasteiger partial charge in [-0.25, -0.2) is 4.79 Å². The van der Waals surface area contributed by atoms with E-state index in [1.807, 2.05) is 72.8 Å². The second-order valence-electron chi connectivity index (χ2n) is 12.4. The number of esters is 1. The van der Waals surface area contributed by atoms with Crippen LogP contribution in [-0.2, 0) is 37.7 Å². The van der Waals surface area contributed by atoms with Crippen molar-refractivity contribution >= 4 is 23.7 Å². The van der Waals surface area contributed by atoms with E-state index in [0.717, 1.165) is 28.9 Å². The van der Waals surface area contributed by atoms with Crippen LogP contribution in [0.1, 0.15) is 61.6 Å². The molecule has 4 aliphatic rings. The summed E-state index contributed by atoms with van der Waals surface area (Å²) in [5, 5.41) is 5.45. The average Bonchev–Trinajstić information content (AvgIpc) is 2.99. The molecule has 4 aliphatic carbocycles. The van der Waals surface area contributed by atoms with Crippen molar-refractivity contribution in [2.24, 2.45) is 17.8 Å². The van der Waals surface area contributed by atoms with E-state index in [-0.39, 0.29) is 25.0 Å². The number of nitrogens with one attached hydrogen (secondary N) is 2. The molecule has 3 aromatic rings. The van der Waals surface area contributed by atoms with Gasteiger partial charge in [-0.15, -0.1) is 0 Å². The SMILES string of the molecule is O=C(C[C@H](NC(=O)OCc1ccccc1)C(=O)Nc1ccc(C23CC4CC(CC(C4)C2)C3)cc1)OCc1ccccc1. The standard InChI is InChI=1S/C35H38N2O5/c38-32(41-22-24-7-3-1-4-8-24)18-31(37-34(40)42-23-25-9-5-2-6-10-25)33(39)36-30-13-11-29(12-14-30)35-19-26-15-27(20-35)17-28(16-26)21-35/h1-14,26-28,31H,15-23H2,(H,36,39)(H,37,40)/t26?,27?,28?,31-,35?/m0/s1. The summed E-state index contributed by atoms with van der Waals surface area (Å²) in [6.45, 7) is 0.128. The molecule has 4 fully saturated rings. The predicted molar refractivity (Wildman–Crippen MR) is 159 cm³/mol. The largest absolute Gasteiger partial charge is 0.461 e. The van der Waals surface area contributed by atoms with Gasteiger partial charge >= 0.3 is 12.1 Å². The summed E-state index contributed by atoms with van der Waals surface area (Å²) in [4.78, 5) is 38.7. The van der Waals surface area contributed by atoms with E-state index in [2.05, 4.69) is 22.8 Å².